The maximum atomic E-state index is 12.2. The Morgan fingerprint density at radius 1 is 1.55 bits per heavy atom. The highest BCUT2D eigenvalue weighted by Crippen LogP contribution is 2.18. The molecule has 7 nitrogen and oxygen atoms in total. The molecule has 1 aromatic rings. The van der Waals surface area contributed by atoms with Crippen molar-refractivity contribution in [2.75, 3.05) is 32.1 Å². The van der Waals surface area contributed by atoms with Crippen molar-refractivity contribution in [1.82, 2.24) is 9.88 Å². The van der Waals surface area contributed by atoms with Crippen LogP contribution in [-0.2, 0) is 16.0 Å². The number of anilines is 1. The van der Waals surface area contributed by atoms with Gasteiger partial charge in [0.15, 0.2) is 0 Å². The molecular formula is C15H21N3O4. The van der Waals surface area contributed by atoms with Gasteiger partial charge in [-0.2, -0.15) is 0 Å². The molecule has 0 saturated carbocycles. The quantitative estimate of drug-likeness (QED) is 0.862. The molecule has 1 aliphatic heterocycles. The van der Waals surface area contributed by atoms with E-state index >= 15 is 0 Å². The van der Waals surface area contributed by atoms with Crippen molar-refractivity contribution >= 4 is 17.8 Å². The second kappa shape index (κ2) is 7.74. The van der Waals surface area contributed by atoms with Crippen molar-refractivity contribution < 1.29 is 19.4 Å². The fraction of sp³-hybridized carbons (Fsp3) is 0.533. The second-order valence-electron chi connectivity index (χ2n) is 5.35. The van der Waals surface area contributed by atoms with Crippen LogP contribution in [0, 0.1) is 5.92 Å². The average molecular weight is 307 g/mol. The third kappa shape index (κ3) is 4.42. The van der Waals surface area contributed by atoms with E-state index in [1.807, 2.05) is 6.07 Å². The van der Waals surface area contributed by atoms with Crippen molar-refractivity contribution in [3.05, 3.63) is 23.9 Å². The van der Waals surface area contributed by atoms with Crippen LogP contribution in [0.4, 0.5) is 10.6 Å². The van der Waals surface area contributed by atoms with Gasteiger partial charge in [-0.15, -0.1) is 0 Å². The molecule has 1 saturated heterocycles. The molecule has 0 spiro atoms. The normalized spacial score (nSPS) is 18.0. The Morgan fingerprint density at radius 2 is 2.36 bits per heavy atom. The average Bonchev–Trinajstić information content (AvgIpc) is 2.53. The number of aliphatic carboxylic acids is 1. The van der Waals surface area contributed by atoms with Crippen molar-refractivity contribution in [1.29, 1.82) is 0 Å². The summed E-state index contributed by atoms with van der Waals surface area (Å²) in [4.78, 5) is 28.9. The van der Waals surface area contributed by atoms with Crippen LogP contribution >= 0.6 is 0 Å². The van der Waals surface area contributed by atoms with E-state index in [0.717, 1.165) is 12.0 Å². The number of nitrogens with zero attached hydrogens (tertiary/aromatic N) is 2. The van der Waals surface area contributed by atoms with E-state index < -0.39 is 11.9 Å². The van der Waals surface area contributed by atoms with Gasteiger partial charge in [0.2, 0.25) is 0 Å². The molecule has 2 heterocycles. The first-order valence-corrected chi connectivity index (χ1v) is 7.32. The van der Waals surface area contributed by atoms with Crippen LogP contribution in [0.15, 0.2) is 18.3 Å². The van der Waals surface area contributed by atoms with Crippen LogP contribution in [0.3, 0.4) is 0 Å². The summed E-state index contributed by atoms with van der Waals surface area (Å²) >= 11 is 0. The van der Waals surface area contributed by atoms with Gasteiger partial charge in [-0.1, -0.05) is 0 Å². The monoisotopic (exact) mass is 307 g/mol. The van der Waals surface area contributed by atoms with Gasteiger partial charge in [-0.05, 0) is 37.0 Å². The topological polar surface area (TPSA) is 91.8 Å². The van der Waals surface area contributed by atoms with Gasteiger partial charge < -0.3 is 14.7 Å². The van der Waals surface area contributed by atoms with Crippen LogP contribution in [0.25, 0.3) is 0 Å². The summed E-state index contributed by atoms with van der Waals surface area (Å²) in [5.41, 5.74) is 1.02. The number of pyridine rings is 1. The lowest BCUT2D eigenvalue weighted by atomic mass is 9.99. The van der Waals surface area contributed by atoms with Crippen LogP contribution < -0.4 is 5.32 Å². The van der Waals surface area contributed by atoms with Crippen LogP contribution in [0.1, 0.15) is 18.4 Å². The van der Waals surface area contributed by atoms with E-state index in [4.69, 9.17) is 9.84 Å². The van der Waals surface area contributed by atoms with Gasteiger partial charge in [-0.25, -0.2) is 9.78 Å². The predicted molar refractivity (Wildman–Crippen MR) is 80.8 cm³/mol. The molecule has 2 rings (SSSR count). The third-order valence-corrected chi connectivity index (χ3v) is 3.71. The minimum absolute atomic E-state index is 0.241. The minimum Gasteiger partial charge on any atom is -0.481 e. The smallest absolute Gasteiger partial charge is 0.323 e. The minimum atomic E-state index is -0.850. The van der Waals surface area contributed by atoms with E-state index in [1.54, 1.807) is 19.4 Å². The second-order valence-corrected chi connectivity index (χ2v) is 5.35. The van der Waals surface area contributed by atoms with E-state index in [9.17, 15) is 9.59 Å². The molecule has 1 fully saturated rings. The number of carboxylic acid groups (broad SMARTS) is 1. The maximum absolute atomic E-state index is 12.2. The standard InChI is InChI=1S/C15H21N3O4/c1-22-8-5-11-4-6-16-13(9-11)17-15(21)18-7-2-3-12(10-18)14(19)20/h4,6,9,12H,2-3,5,7-8,10H2,1H3,(H,19,20)(H,16,17,21). The zero-order valence-corrected chi connectivity index (χ0v) is 12.6. The fourth-order valence-corrected chi connectivity index (χ4v) is 2.47. The Kier molecular flexibility index (Phi) is 5.71. The zero-order valence-electron chi connectivity index (χ0n) is 12.6. The lowest BCUT2D eigenvalue weighted by molar-refractivity contribution is -0.143. The van der Waals surface area contributed by atoms with Gasteiger partial charge in [0.05, 0.1) is 12.5 Å². The third-order valence-electron chi connectivity index (χ3n) is 3.71. The number of carbonyl (C=O) groups excluding carboxylic acids is 1. The van der Waals surface area contributed by atoms with Crippen LogP contribution in [0.2, 0.25) is 0 Å². The van der Waals surface area contributed by atoms with E-state index in [2.05, 4.69) is 10.3 Å². The van der Waals surface area contributed by atoms with E-state index in [-0.39, 0.29) is 12.6 Å². The number of rotatable bonds is 5. The molecule has 7 heteroatoms. The number of likely N-dealkylation sites (tertiary alicyclic amines) is 1. The molecule has 2 amide bonds. The van der Waals surface area contributed by atoms with Crippen molar-refractivity contribution in [2.45, 2.75) is 19.3 Å². The lowest BCUT2D eigenvalue weighted by Crippen LogP contribution is -2.44. The molecule has 0 bridgehead atoms. The van der Waals surface area contributed by atoms with Gasteiger partial charge in [-0.3, -0.25) is 10.1 Å². The number of carbonyl (C=O) groups is 2. The summed E-state index contributed by atoms with van der Waals surface area (Å²) in [6.07, 6.45) is 3.69. The van der Waals surface area contributed by atoms with Crippen LogP contribution in [-0.4, -0.2) is 53.8 Å². The largest absolute Gasteiger partial charge is 0.481 e. The molecule has 0 aliphatic carbocycles. The van der Waals surface area contributed by atoms with Crippen molar-refractivity contribution in [3.8, 4) is 0 Å². The van der Waals surface area contributed by atoms with E-state index in [1.165, 1.54) is 4.90 Å². The number of piperidine rings is 1. The maximum Gasteiger partial charge on any atom is 0.323 e. The Morgan fingerprint density at radius 3 is 3.09 bits per heavy atom. The molecule has 22 heavy (non-hydrogen) atoms. The highest BCUT2D eigenvalue weighted by atomic mass is 16.5. The van der Waals surface area contributed by atoms with Crippen molar-refractivity contribution in [2.24, 2.45) is 5.92 Å². The summed E-state index contributed by atoms with van der Waals surface area (Å²) in [5, 5.41) is 11.8. The van der Waals surface area contributed by atoms with Crippen molar-refractivity contribution in [3.63, 3.8) is 0 Å². The van der Waals surface area contributed by atoms with Gasteiger partial charge >= 0.3 is 12.0 Å². The number of carboxylic acids is 1. The number of methoxy groups -OCH3 is 1. The van der Waals surface area contributed by atoms with Gasteiger partial charge in [0.1, 0.15) is 5.82 Å². The summed E-state index contributed by atoms with van der Waals surface area (Å²) in [6.45, 7) is 1.41. The SMILES string of the molecule is COCCc1ccnc(NC(=O)N2CCCC(C(=O)O)C2)c1. The molecule has 1 atom stereocenters. The highest BCUT2D eigenvalue weighted by Gasteiger charge is 2.28. The first kappa shape index (κ1) is 16.2. The molecule has 1 unspecified atom stereocenters. The number of aromatic nitrogens is 1. The molecule has 1 aliphatic rings. The predicted octanol–water partition coefficient (Wildman–Crippen LogP) is 1.60. The number of amides is 2. The summed E-state index contributed by atoms with van der Waals surface area (Å²) in [5.74, 6) is -0.867. The van der Waals surface area contributed by atoms with Gasteiger partial charge in [0.25, 0.3) is 0 Å². The molecule has 120 valence electrons. The first-order chi connectivity index (χ1) is 10.6. The Balaban J connectivity index is 1.95. The summed E-state index contributed by atoms with van der Waals surface area (Å²) in [6, 6.07) is 3.37. The zero-order chi connectivity index (χ0) is 15.9. The van der Waals surface area contributed by atoms with Crippen LogP contribution in [0.5, 0.6) is 0 Å². The lowest BCUT2D eigenvalue weighted by Gasteiger charge is -2.30. The molecule has 0 radical (unpaired) electrons. The summed E-state index contributed by atoms with van der Waals surface area (Å²) < 4.78 is 5.02. The number of hydrogen-bond acceptors (Lipinski definition) is 4. The number of ether oxygens (including phenoxy) is 1. The Hall–Kier alpha value is -2.15. The number of nitrogens with one attached hydrogen (secondary N) is 1. The fourth-order valence-electron chi connectivity index (χ4n) is 2.47. The summed E-state index contributed by atoms with van der Waals surface area (Å²) in [7, 11) is 1.64. The number of hydrogen-bond donors (Lipinski definition) is 2. The molecule has 0 aromatic carbocycles. The van der Waals surface area contributed by atoms with E-state index in [0.29, 0.717) is 31.8 Å². The Bertz CT molecular complexity index is 535. The molecule has 2 N–H and O–H groups in total. The number of urea groups is 1. The van der Waals surface area contributed by atoms with Gasteiger partial charge in [0, 0.05) is 26.4 Å². The molecular weight excluding hydrogens is 286 g/mol. The molecule has 1 aromatic heterocycles. The Labute approximate surface area is 129 Å². The first-order valence-electron chi connectivity index (χ1n) is 7.32. The highest BCUT2D eigenvalue weighted by molar-refractivity contribution is 5.88.